The third-order valence-electron chi connectivity index (χ3n) is 2.86. The summed E-state index contributed by atoms with van der Waals surface area (Å²) in [5.41, 5.74) is 7.30. The maximum Gasteiger partial charge on any atom is 0.256 e. The Bertz CT molecular complexity index is 644. The summed E-state index contributed by atoms with van der Waals surface area (Å²) in [6.07, 6.45) is 1.39. The van der Waals surface area contributed by atoms with Crippen LogP contribution in [0.15, 0.2) is 23.0 Å². The van der Waals surface area contributed by atoms with E-state index in [-0.39, 0.29) is 17.2 Å². The predicted octanol–water partition coefficient (Wildman–Crippen LogP) is 2.42. The number of aromatic amines is 1. The van der Waals surface area contributed by atoms with Gasteiger partial charge < -0.3 is 10.7 Å². The van der Waals surface area contributed by atoms with E-state index in [0.717, 1.165) is 12.0 Å². The van der Waals surface area contributed by atoms with E-state index in [9.17, 15) is 9.18 Å². The van der Waals surface area contributed by atoms with E-state index in [1.165, 1.54) is 12.1 Å². The van der Waals surface area contributed by atoms with Crippen LogP contribution in [-0.4, -0.2) is 9.97 Å². The Morgan fingerprint density at radius 2 is 2.11 bits per heavy atom. The van der Waals surface area contributed by atoms with Gasteiger partial charge in [0.15, 0.2) is 0 Å². The molecular formula is C14H16FN3O. The molecule has 4 nitrogen and oxygen atoms in total. The number of aromatic nitrogens is 2. The number of H-pyrrole nitrogens is 1. The third-order valence-corrected chi connectivity index (χ3v) is 2.86. The highest BCUT2D eigenvalue weighted by Crippen LogP contribution is 2.19. The SMILES string of the molecule is CCCc1c(N)nc(-c2cc(C)cc(F)c2)[nH]c1=O. The van der Waals surface area contributed by atoms with Crippen molar-refractivity contribution in [1.82, 2.24) is 9.97 Å². The Morgan fingerprint density at radius 3 is 2.68 bits per heavy atom. The molecule has 0 saturated carbocycles. The summed E-state index contributed by atoms with van der Waals surface area (Å²) >= 11 is 0. The lowest BCUT2D eigenvalue weighted by Crippen LogP contribution is -2.18. The van der Waals surface area contributed by atoms with Gasteiger partial charge in [0.25, 0.3) is 5.56 Å². The fourth-order valence-electron chi connectivity index (χ4n) is 2.02. The summed E-state index contributed by atoms with van der Waals surface area (Å²) in [6, 6.07) is 4.49. The number of benzene rings is 1. The van der Waals surface area contributed by atoms with E-state index < -0.39 is 0 Å². The minimum Gasteiger partial charge on any atom is -0.383 e. The highest BCUT2D eigenvalue weighted by Gasteiger charge is 2.10. The van der Waals surface area contributed by atoms with E-state index in [4.69, 9.17) is 5.73 Å². The molecule has 0 unspecified atom stereocenters. The van der Waals surface area contributed by atoms with Gasteiger partial charge in [-0.15, -0.1) is 0 Å². The minimum atomic E-state index is -0.367. The number of hydrogen-bond acceptors (Lipinski definition) is 3. The number of anilines is 1. The lowest BCUT2D eigenvalue weighted by Gasteiger charge is -2.07. The van der Waals surface area contributed by atoms with E-state index in [1.807, 2.05) is 6.92 Å². The van der Waals surface area contributed by atoms with Gasteiger partial charge in [-0.05, 0) is 37.1 Å². The average Bonchev–Trinajstić information content (AvgIpc) is 2.32. The van der Waals surface area contributed by atoms with Crippen LogP contribution in [0.1, 0.15) is 24.5 Å². The maximum atomic E-state index is 13.4. The Labute approximate surface area is 110 Å². The normalized spacial score (nSPS) is 10.7. The van der Waals surface area contributed by atoms with Crippen LogP contribution in [0.3, 0.4) is 0 Å². The van der Waals surface area contributed by atoms with Gasteiger partial charge in [0.05, 0.1) is 5.56 Å². The smallest absolute Gasteiger partial charge is 0.256 e. The topological polar surface area (TPSA) is 71.8 Å². The molecule has 0 amide bonds. The van der Waals surface area contributed by atoms with Gasteiger partial charge in [-0.2, -0.15) is 0 Å². The summed E-state index contributed by atoms with van der Waals surface area (Å²) in [6.45, 7) is 3.74. The van der Waals surface area contributed by atoms with Crippen molar-refractivity contribution in [2.24, 2.45) is 0 Å². The number of nitrogens with two attached hydrogens (primary N) is 1. The molecule has 2 aromatic rings. The molecule has 100 valence electrons. The summed E-state index contributed by atoms with van der Waals surface area (Å²) < 4.78 is 13.4. The van der Waals surface area contributed by atoms with Gasteiger partial charge in [-0.1, -0.05) is 13.3 Å². The monoisotopic (exact) mass is 261 g/mol. The number of nitrogens with zero attached hydrogens (tertiary/aromatic N) is 1. The molecule has 1 aromatic heterocycles. The molecule has 0 aliphatic carbocycles. The molecule has 3 N–H and O–H groups in total. The van der Waals surface area contributed by atoms with Gasteiger partial charge in [-0.25, -0.2) is 9.37 Å². The summed E-state index contributed by atoms with van der Waals surface area (Å²) in [7, 11) is 0. The highest BCUT2D eigenvalue weighted by atomic mass is 19.1. The van der Waals surface area contributed by atoms with Crippen LogP contribution in [0.5, 0.6) is 0 Å². The molecule has 0 bridgehead atoms. The number of rotatable bonds is 3. The van der Waals surface area contributed by atoms with Crippen LogP contribution in [0.4, 0.5) is 10.2 Å². The highest BCUT2D eigenvalue weighted by molar-refractivity contribution is 5.58. The van der Waals surface area contributed by atoms with Crippen LogP contribution in [0, 0.1) is 12.7 Å². The van der Waals surface area contributed by atoms with Crippen molar-refractivity contribution in [3.8, 4) is 11.4 Å². The number of aryl methyl sites for hydroxylation is 1. The Hall–Kier alpha value is -2.17. The number of halogens is 1. The first-order valence-corrected chi connectivity index (χ1v) is 6.17. The number of nitrogen functional groups attached to an aromatic ring is 1. The second kappa shape index (κ2) is 5.22. The van der Waals surface area contributed by atoms with E-state index >= 15 is 0 Å². The Morgan fingerprint density at radius 1 is 1.37 bits per heavy atom. The molecule has 0 aliphatic rings. The largest absolute Gasteiger partial charge is 0.383 e. The molecule has 2 rings (SSSR count). The van der Waals surface area contributed by atoms with Gasteiger partial charge >= 0.3 is 0 Å². The zero-order valence-corrected chi connectivity index (χ0v) is 11.0. The molecule has 0 aliphatic heterocycles. The van der Waals surface area contributed by atoms with Crippen LogP contribution >= 0.6 is 0 Å². The van der Waals surface area contributed by atoms with Crippen molar-refractivity contribution in [1.29, 1.82) is 0 Å². The maximum absolute atomic E-state index is 13.4. The second-order valence-electron chi connectivity index (χ2n) is 4.55. The molecule has 0 saturated heterocycles. The third kappa shape index (κ3) is 2.81. The fraction of sp³-hybridized carbons (Fsp3) is 0.286. The standard InChI is InChI=1S/C14H16FN3O/c1-3-4-11-12(16)17-13(18-14(11)19)9-5-8(2)6-10(15)7-9/h5-7H,3-4H2,1-2H3,(H3,16,17,18,19). The first kappa shape index (κ1) is 13.3. The molecule has 1 aromatic carbocycles. The second-order valence-corrected chi connectivity index (χ2v) is 4.55. The lowest BCUT2D eigenvalue weighted by molar-refractivity contribution is 0.627. The number of hydrogen-bond donors (Lipinski definition) is 2. The predicted molar refractivity (Wildman–Crippen MR) is 73.4 cm³/mol. The Kier molecular flexibility index (Phi) is 3.64. The van der Waals surface area contributed by atoms with Gasteiger partial charge in [-0.3, -0.25) is 4.79 Å². The molecular weight excluding hydrogens is 245 g/mol. The molecule has 5 heteroatoms. The van der Waals surface area contributed by atoms with Crippen LogP contribution < -0.4 is 11.3 Å². The zero-order chi connectivity index (χ0) is 14.0. The summed E-state index contributed by atoms with van der Waals surface area (Å²) in [5.74, 6) is 0.140. The molecule has 19 heavy (non-hydrogen) atoms. The van der Waals surface area contributed by atoms with Gasteiger partial charge in [0.2, 0.25) is 0 Å². The molecule has 0 atom stereocenters. The lowest BCUT2D eigenvalue weighted by atomic mass is 10.1. The zero-order valence-electron chi connectivity index (χ0n) is 11.0. The van der Waals surface area contributed by atoms with E-state index in [1.54, 1.807) is 13.0 Å². The Balaban J connectivity index is 2.55. The van der Waals surface area contributed by atoms with Crippen molar-refractivity contribution in [3.05, 3.63) is 45.5 Å². The first-order valence-electron chi connectivity index (χ1n) is 6.17. The van der Waals surface area contributed by atoms with Crippen molar-refractivity contribution >= 4 is 5.82 Å². The molecule has 1 heterocycles. The quantitative estimate of drug-likeness (QED) is 0.891. The van der Waals surface area contributed by atoms with Gasteiger partial charge in [0.1, 0.15) is 17.5 Å². The molecule has 0 spiro atoms. The van der Waals surface area contributed by atoms with E-state index in [2.05, 4.69) is 9.97 Å². The van der Waals surface area contributed by atoms with Crippen molar-refractivity contribution < 1.29 is 4.39 Å². The molecule has 0 radical (unpaired) electrons. The average molecular weight is 261 g/mol. The van der Waals surface area contributed by atoms with E-state index in [0.29, 0.717) is 23.4 Å². The first-order chi connectivity index (χ1) is 9.01. The summed E-state index contributed by atoms with van der Waals surface area (Å²) in [5, 5.41) is 0. The van der Waals surface area contributed by atoms with Crippen molar-refractivity contribution in [2.75, 3.05) is 5.73 Å². The fourth-order valence-corrected chi connectivity index (χ4v) is 2.02. The van der Waals surface area contributed by atoms with Gasteiger partial charge in [0, 0.05) is 5.56 Å². The molecule has 0 fully saturated rings. The number of nitrogens with one attached hydrogen (secondary N) is 1. The minimum absolute atomic E-state index is 0.211. The van der Waals surface area contributed by atoms with Crippen LogP contribution in [0.2, 0.25) is 0 Å². The van der Waals surface area contributed by atoms with Crippen molar-refractivity contribution in [3.63, 3.8) is 0 Å². The van der Waals surface area contributed by atoms with Crippen molar-refractivity contribution in [2.45, 2.75) is 26.7 Å². The van der Waals surface area contributed by atoms with Crippen LogP contribution in [0.25, 0.3) is 11.4 Å². The van der Waals surface area contributed by atoms with Crippen LogP contribution in [-0.2, 0) is 6.42 Å². The summed E-state index contributed by atoms with van der Waals surface area (Å²) in [4.78, 5) is 18.7.